The van der Waals surface area contributed by atoms with Gasteiger partial charge in [0.1, 0.15) is 5.69 Å². The molecule has 1 heterocycles. The molecule has 20 heavy (non-hydrogen) atoms. The fourth-order valence-corrected chi connectivity index (χ4v) is 2.66. The highest BCUT2D eigenvalue weighted by molar-refractivity contribution is 6.39. The fraction of sp³-hybridized carbons (Fsp3) is 0.308. The molecule has 2 aromatic rings. The van der Waals surface area contributed by atoms with E-state index in [1.54, 1.807) is 6.92 Å². The third-order valence-corrected chi connectivity index (χ3v) is 3.39. The van der Waals surface area contributed by atoms with Gasteiger partial charge >= 0.3 is 6.18 Å². The highest BCUT2D eigenvalue weighted by Crippen LogP contribution is 2.40. The lowest BCUT2D eigenvalue weighted by Crippen LogP contribution is -2.13. The van der Waals surface area contributed by atoms with Crippen LogP contribution in [0, 0.1) is 6.92 Å². The van der Waals surface area contributed by atoms with E-state index in [2.05, 4.69) is 10.3 Å². The Morgan fingerprint density at radius 2 is 1.90 bits per heavy atom. The largest absolute Gasteiger partial charge is 0.433 e. The predicted octanol–water partition coefficient (Wildman–Crippen LogP) is 5.30. The number of hydrogen-bond donors (Lipinski definition) is 1. The van der Waals surface area contributed by atoms with Gasteiger partial charge in [0.05, 0.1) is 16.2 Å². The molecule has 0 aliphatic rings. The molecule has 1 N–H and O–H groups in total. The second-order valence-electron chi connectivity index (χ2n) is 4.27. The van der Waals surface area contributed by atoms with Crippen LogP contribution >= 0.6 is 23.2 Å². The number of nitrogens with one attached hydrogen (secondary N) is 1. The number of fused-ring (bicyclic) bond motifs is 1. The molecular weight excluding hydrogens is 312 g/mol. The minimum atomic E-state index is -4.53. The first-order chi connectivity index (χ1) is 9.25. The van der Waals surface area contributed by atoms with Crippen molar-refractivity contribution in [3.63, 3.8) is 0 Å². The molecule has 0 saturated carbocycles. The van der Waals surface area contributed by atoms with Crippen LogP contribution in [0.4, 0.5) is 18.9 Å². The molecular formula is C13H11Cl2F3N2. The number of hydrogen-bond acceptors (Lipinski definition) is 2. The van der Waals surface area contributed by atoms with Crippen LogP contribution in [0.2, 0.25) is 10.0 Å². The van der Waals surface area contributed by atoms with Crippen molar-refractivity contribution < 1.29 is 13.2 Å². The van der Waals surface area contributed by atoms with Crippen LogP contribution in [0.25, 0.3) is 10.9 Å². The van der Waals surface area contributed by atoms with Gasteiger partial charge < -0.3 is 5.32 Å². The van der Waals surface area contributed by atoms with Gasteiger partial charge in [-0.05, 0) is 26.0 Å². The molecule has 1 aromatic carbocycles. The number of benzene rings is 1. The average Bonchev–Trinajstić information content (AvgIpc) is 2.30. The van der Waals surface area contributed by atoms with Gasteiger partial charge in [-0.25, -0.2) is 4.98 Å². The van der Waals surface area contributed by atoms with Crippen molar-refractivity contribution in [2.45, 2.75) is 20.0 Å². The first kappa shape index (κ1) is 15.2. The zero-order chi connectivity index (χ0) is 15.1. The van der Waals surface area contributed by atoms with Crippen LogP contribution in [0.1, 0.15) is 18.2 Å². The van der Waals surface area contributed by atoms with E-state index in [9.17, 15) is 13.2 Å². The zero-order valence-corrected chi connectivity index (χ0v) is 12.2. The number of halogens is 5. The van der Waals surface area contributed by atoms with Crippen LogP contribution in [0.15, 0.2) is 12.1 Å². The summed E-state index contributed by atoms with van der Waals surface area (Å²) >= 11 is 11.9. The molecule has 0 radical (unpaired) electrons. The molecule has 0 atom stereocenters. The second-order valence-corrected chi connectivity index (χ2v) is 5.11. The van der Waals surface area contributed by atoms with Crippen LogP contribution in [0.5, 0.6) is 0 Å². The molecule has 1 aromatic heterocycles. The van der Waals surface area contributed by atoms with Crippen LogP contribution in [-0.2, 0) is 6.18 Å². The lowest BCUT2D eigenvalue weighted by Gasteiger charge is -2.17. The molecule has 0 bridgehead atoms. The smallest absolute Gasteiger partial charge is 0.384 e. The van der Waals surface area contributed by atoms with E-state index >= 15 is 0 Å². The number of rotatable bonds is 2. The summed E-state index contributed by atoms with van der Waals surface area (Å²) in [5.74, 6) is 0. The van der Waals surface area contributed by atoms with Gasteiger partial charge in [0.25, 0.3) is 0 Å². The number of anilines is 1. The van der Waals surface area contributed by atoms with E-state index in [0.29, 0.717) is 17.6 Å². The molecule has 0 saturated heterocycles. The summed E-state index contributed by atoms with van der Waals surface area (Å²) in [5.41, 5.74) is -0.446. The monoisotopic (exact) mass is 322 g/mol. The SMILES string of the molecule is CCNc1c(C)c(C(F)(F)F)nc2cc(Cl)cc(Cl)c12. The van der Waals surface area contributed by atoms with E-state index < -0.39 is 11.9 Å². The summed E-state index contributed by atoms with van der Waals surface area (Å²) in [6, 6.07) is 2.86. The lowest BCUT2D eigenvalue weighted by atomic mass is 10.1. The van der Waals surface area contributed by atoms with Crippen molar-refractivity contribution in [1.82, 2.24) is 4.98 Å². The van der Waals surface area contributed by atoms with Crippen LogP contribution in [-0.4, -0.2) is 11.5 Å². The minimum absolute atomic E-state index is 0.0241. The second kappa shape index (κ2) is 5.30. The van der Waals surface area contributed by atoms with Crippen molar-refractivity contribution in [1.29, 1.82) is 0 Å². The molecule has 0 amide bonds. The Bertz CT molecular complexity index is 669. The average molecular weight is 323 g/mol. The number of aromatic nitrogens is 1. The van der Waals surface area contributed by atoms with Crippen molar-refractivity contribution in [2.75, 3.05) is 11.9 Å². The summed E-state index contributed by atoms with van der Waals surface area (Å²) in [5, 5.41) is 3.89. The number of nitrogens with zero attached hydrogens (tertiary/aromatic N) is 1. The van der Waals surface area contributed by atoms with E-state index in [0.717, 1.165) is 0 Å². The molecule has 0 aliphatic carbocycles. The van der Waals surface area contributed by atoms with Gasteiger partial charge in [0, 0.05) is 22.5 Å². The molecule has 2 nitrogen and oxygen atoms in total. The molecule has 0 spiro atoms. The lowest BCUT2D eigenvalue weighted by molar-refractivity contribution is -0.141. The standard InChI is InChI=1S/C13H11Cl2F3N2/c1-3-19-11-6(2)12(13(16,17)18)20-9-5-7(14)4-8(15)10(9)11/h4-5H,3H2,1-2H3,(H,19,20). The fourth-order valence-electron chi connectivity index (χ4n) is 2.08. The van der Waals surface area contributed by atoms with E-state index in [4.69, 9.17) is 23.2 Å². The quantitative estimate of drug-likeness (QED) is 0.811. The highest BCUT2D eigenvalue weighted by Gasteiger charge is 2.36. The van der Waals surface area contributed by atoms with Crippen molar-refractivity contribution in [3.8, 4) is 0 Å². The highest BCUT2D eigenvalue weighted by atomic mass is 35.5. The zero-order valence-electron chi connectivity index (χ0n) is 10.7. The maximum Gasteiger partial charge on any atom is 0.433 e. The summed E-state index contributed by atoms with van der Waals surface area (Å²) in [6.07, 6.45) is -4.53. The molecule has 2 rings (SSSR count). The van der Waals surface area contributed by atoms with Crippen LogP contribution < -0.4 is 5.32 Å². The molecule has 0 aliphatic heterocycles. The summed E-state index contributed by atoms with van der Waals surface area (Å²) < 4.78 is 39.1. The van der Waals surface area contributed by atoms with E-state index in [1.807, 2.05) is 0 Å². The van der Waals surface area contributed by atoms with Crippen molar-refractivity contribution in [3.05, 3.63) is 33.4 Å². The molecule has 0 unspecified atom stereocenters. The van der Waals surface area contributed by atoms with Gasteiger partial charge in [0.15, 0.2) is 0 Å². The normalized spacial score (nSPS) is 11.9. The van der Waals surface area contributed by atoms with Gasteiger partial charge in [0.2, 0.25) is 0 Å². The Balaban J connectivity index is 2.91. The third kappa shape index (κ3) is 2.65. The molecule has 0 fully saturated rings. The van der Waals surface area contributed by atoms with Crippen LogP contribution in [0.3, 0.4) is 0 Å². The summed E-state index contributed by atoms with van der Waals surface area (Å²) in [6.45, 7) is 3.64. The first-order valence-electron chi connectivity index (χ1n) is 5.86. The Morgan fingerprint density at radius 3 is 2.45 bits per heavy atom. The van der Waals surface area contributed by atoms with Gasteiger partial charge in [-0.1, -0.05) is 23.2 Å². The minimum Gasteiger partial charge on any atom is -0.384 e. The Hall–Kier alpha value is -1.20. The van der Waals surface area contributed by atoms with Crippen molar-refractivity contribution in [2.24, 2.45) is 0 Å². The Labute approximate surface area is 123 Å². The summed E-state index contributed by atoms with van der Waals surface area (Å²) in [7, 11) is 0. The number of alkyl halides is 3. The predicted molar refractivity (Wildman–Crippen MR) is 75.7 cm³/mol. The molecule has 7 heteroatoms. The van der Waals surface area contributed by atoms with Crippen molar-refractivity contribution >= 4 is 39.8 Å². The molecule has 108 valence electrons. The van der Waals surface area contributed by atoms with E-state index in [1.165, 1.54) is 19.1 Å². The third-order valence-electron chi connectivity index (χ3n) is 2.87. The van der Waals surface area contributed by atoms with Gasteiger partial charge in [-0.2, -0.15) is 13.2 Å². The first-order valence-corrected chi connectivity index (χ1v) is 6.61. The Morgan fingerprint density at radius 1 is 1.25 bits per heavy atom. The number of pyridine rings is 1. The van der Waals surface area contributed by atoms with Gasteiger partial charge in [-0.3, -0.25) is 0 Å². The van der Waals surface area contributed by atoms with Gasteiger partial charge in [-0.15, -0.1) is 0 Å². The Kier molecular flexibility index (Phi) is 4.02. The summed E-state index contributed by atoms with van der Waals surface area (Å²) in [4.78, 5) is 3.68. The topological polar surface area (TPSA) is 24.9 Å². The maximum atomic E-state index is 13.0. The van der Waals surface area contributed by atoms with E-state index in [-0.39, 0.29) is 21.1 Å². The maximum absolute atomic E-state index is 13.0.